The second kappa shape index (κ2) is 17.9. The summed E-state index contributed by atoms with van der Waals surface area (Å²) in [5, 5.41) is 24.2. The third kappa shape index (κ3) is 8.12. The lowest BCUT2D eigenvalue weighted by Gasteiger charge is -2.38. The number of methoxy groups -OCH3 is 1. The van der Waals surface area contributed by atoms with E-state index >= 15 is 0 Å². The molecule has 3 N–H and O–H groups in total. The SMILES string of the molecule is C=CCOC(=O)N1c2cc(OCCOCCC(=O)N3C[C@@H](CCl)c4c3cc(O)c3ccccc43)c(OC)cc2C(=O)N2CC=C(c3ccc(S(=O)(=O)NC)cc3)C[C@H]2C1O. The van der Waals surface area contributed by atoms with E-state index in [1.807, 2.05) is 30.3 Å². The molecule has 3 amide bonds. The first-order valence-corrected chi connectivity index (χ1v) is 21.3. The van der Waals surface area contributed by atoms with Gasteiger partial charge in [-0.1, -0.05) is 55.1 Å². The number of rotatable bonds is 14. The molecule has 4 aromatic rings. The number of aromatic hydroxyl groups is 1. The van der Waals surface area contributed by atoms with Crippen LogP contribution in [0.5, 0.6) is 17.2 Å². The van der Waals surface area contributed by atoms with Crippen LogP contribution in [0.2, 0.25) is 0 Å². The van der Waals surface area contributed by atoms with E-state index in [4.69, 9.17) is 30.5 Å². The highest BCUT2D eigenvalue weighted by Crippen LogP contribution is 2.46. The Morgan fingerprint density at radius 3 is 2.47 bits per heavy atom. The number of phenols is 1. The van der Waals surface area contributed by atoms with Gasteiger partial charge in [0.05, 0.1) is 54.6 Å². The van der Waals surface area contributed by atoms with Gasteiger partial charge in [0.2, 0.25) is 15.9 Å². The van der Waals surface area contributed by atoms with Crippen LogP contribution in [0.4, 0.5) is 16.2 Å². The summed E-state index contributed by atoms with van der Waals surface area (Å²) in [6.07, 6.45) is 0.881. The summed E-state index contributed by atoms with van der Waals surface area (Å²) < 4.78 is 49.7. The first kappa shape index (κ1) is 42.5. The molecule has 4 aromatic carbocycles. The van der Waals surface area contributed by atoms with Gasteiger partial charge in [0, 0.05) is 42.4 Å². The van der Waals surface area contributed by atoms with Gasteiger partial charge in [0.25, 0.3) is 5.91 Å². The van der Waals surface area contributed by atoms with Gasteiger partial charge in [-0.15, -0.1) is 11.6 Å². The zero-order chi connectivity index (χ0) is 42.7. The van der Waals surface area contributed by atoms with E-state index in [1.165, 1.54) is 49.4 Å². The van der Waals surface area contributed by atoms with Crippen LogP contribution in [0.15, 0.2) is 90.4 Å². The standard InChI is InChI=1S/C43H45ClN4O11S/c1-4-16-59-43(53)48-33-23-38(58-19-18-57-17-14-39(50)47-25-28(24-44)40-31-8-6-5-7-30(31)36(49)22-34(40)47)37(56-3)21-32(33)41(51)46-15-13-27(20-35(46)42(48)52)26-9-11-29(12-10-26)60(54,55)45-2/h4-13,21-23,28,35,42,45,49,52H,1,14-20,24-25H2,2-3H3/t28-,35+,42?/m1/s1. The van der Waals surface area contributed by atoms with Gasteiger partial charge in [-0.3, -0.25) is 9.59 Å². The number of amides is 3. The molecule has 60 heavy (non-hydrogen) atoms. The minimum atomic E-state index is -3.66. The topological polar surface area (TPSA) is 184 Å². The highest BCUT2D eigenvalue weighted by Gasteiger charge is 2.45. The highest BCUT2D eigenvalue weighted by atomic mass is 35.5. The maximum Gasteiger partial charge on any atom is 0.416 e. The zero-order valence-electron chi connectivity index (χ0n) is 33.0. The minimum absolute atomic E-state index is 0.00207. The minimum Gasteiger partial charge on any atom is -0.507 e. The Bertz CT molecular complexity index is 2460. The Kier molecular flexibility index (Phi) is 12.7. The zero-order valence-corrected chi connectivity index (χ0v) is 34.6. The summed E-state index contributed by atoms with van der Waals surface area (Å²) in [5.41, 5.74) is 3.08. The number of carbonyl (C=O) groups excluding carboxylic acids is 3. The van der Waals surface area contributed by atoms with Crippen molar-refractivity contribution in [1.82, 2.24) is 9.62 Å². The fourth-order valence-corrected chi connectivity index (χ4v) is 8.91. The summed E-state index contributed by atoms with van der Waals surface area (Å²) in [5.74, 6) is -0.0150. The maximum absolute atomic E-state index is 14.2. The number of anilines is 2. The van der Waals surface area contributed by atoms with E-state index < -0.39 is 34.3 Å². The number of alkyl halides is 1. The predicted molar refractivity (Wildman–Crippen MR) is 225 cm³/mol. The van der Waals surface area contributed by atoms with Crippen LogP contribution in [0.3, 0.4) is 0 Å². The number of hydrogen-bond acceptors (Lipinski definition) is 11. The monoisotopic (exact) mass is 860 g/mol. The fraction of sp³-hybridized carbons (Fsp3) is 0.326. The number of carbonyl (C=O) groups is 3. The Morgan fingerprint density at radius 2 is 1.77 bits per heavy atom. The van der Waals surface area contributed by atoms with Gasteiger partial charge < -0.3 is 39.0 Å². The molecule has 0 radical (unpaired) electrons. The Labute approximate surface area is 352 Å². The van der Waals surface area contributed by atoms with E-state index in [0.717, 1.165) is 21.4 Å². The van der Waals surface area contributed by atoms with Crippen molar-refractivity contribution in [1.29, 1.82) is 0 Å². The molecule has 3 aliphatic rings. The third-order valence-corrected chi connectivity index (χ3v) is 12.7. The lowest BCUT2D eigenvalue weighted by atomic mass is 9.93. The quantitative estimate of drug-likeness (QED) is 0.0841. The number of aliphatic hydroxyl groups excluding tert-OH is 1. The van der Waals surface area contributed by atoms with E-state index in [1.54, 1.807) is 23.1 Å². The molecule has 0 aromatic heterocycles. The number of halogens is 1. The van der Waals surface area contributed by atoms with Crippen molar-refractivity contribution < 1.29 is 52.0 Å². The van der Waals surface area contributed by atoms with Crippen LogP contribution in [0.1, 0.15) is 40.2 Å². The first-order chi connectivity index (χ1) is 28.9. The van der Waals surface area contributed by atoms with E-state index in [-0.39, 0.29) is 91.0 Å². The average molecular weight is 861 g/mol. The predicted octanol–water partition coefficient (Wildman–Crippen LogP) is 5.38. The number of hydrogen-bond donors (Lipinski definition) is 3. The van der Waals surface area contributed by atoms with Gasteiger partial charge >= 0.3 is 6.09 Å². The number of nitrogens with zero attached hydrogens (tertiary/aromatic N) is 3. The molecule has 1 unspecified atom stereocenters. The van der Waals surface area contributed by atoms with Crippen molar-refractivity contribution in [3.63, 3.8) is 0 Å². The van der Waals surface area contributed by atoms with E-state index in [2.05, 4.69) is 11.3 Å². The summed E-state index contributed by atoms with van der Waals surface area (Å²) in [7, 11) is -0.933. The van der Waals surface area contributed by atoms with Crippen molar-refractivity contribution >= 4 is 67.3 Å². The number of benzene rings is 4. The number of ether oxygens (including phenoxy) is 4. The van der Waals surface area contributed by atoms with Crippen LogP contribution in [0.25, 0.3) is 16.3 Å². The number of nitrogens with one attached hydrogen (secondary N) is 1. The lowest BCUT2D eigenvalue weighted by molar-refractivity contribution is -0.119. The van der Waals surface area contributed by atoms with Crippen LogP contribution < -0.4 is 24.0 Å². The Hall–Kier alpha value is -5.65. The number of fused-ring (bicyclic) bond motifs is 5. The van der Waals surface area contributed by atoms with Crippen molar-refractivity contribution in [3.8, 4) is 17.2 Å². The van der Waals surface area contributed by atoms with Crippen LogP contribution in [0, 0.1) is 0 Å². The van der Waals surface area contributed by atoms with Gasteiger partial charge in [0.15, 0.2) is 17.7 Å². The molecule has 0 aliphatic carbocycles. The lowest BCUT2D eigenvalue weighted by Crippen LogP contribution is -2.54. The molecule has 7 rings (SSSR count). The van der Waals surface area contributed by atoms with Crippen LogP contribution in [-0.4, -0.2) is 113 Å². The third-order valence-electron chi connectivity index (χ3n) is 10.9. The fourth-order valence-electron chi connectivity index (χ4n) is 7.93. The summed E-state index contributed by atoms with van der Waals surface area (Å²) >= 11 is 6.33. The van der Waals surface area contributed by atoms with Crippen molar-refractivity contribution in [2.45, 2.75) is 35.9 Å². The smallest absolute Gasteiger partial charge is 0.416 e. The Balaban J connectivity index is 1.04. The summed E-state index contributed by atoms with van der Waals surface area (Å²) in [6.45, 7) is 4.05. The molecule has 3 atom stereocenters. The molecule has 17 heteroatoms. The maximum atomic E-state index is 14.2. The highest BCUT2D eigenvalue weighted by molar-refractivity contribution is 7.89. The van der Waals surface area contributed by atoms with Crippen LogP contribution in [-0.2, 0) is 24.3 Å². The molecule has 0 spiro atoms. The average Bonchev–Trinajstić information content (AvgIpc) is 3.61. The molecule has 316 valence electrons. The van der Waals surface area contributed by atoms with Crippen molar-refractivity contribution in [2.24, 2.45) is 0 Å². The Morgan fingerprint density at radius 1 is 1.02 bits per heavy atom. The van der Waals surface area contributed by atoms with Gasteiger partial charge in [-0.25, -0.2) is 22.8 Å². The second-order valence-electron chi connectivity index (χ2n) is 14.3. The van der Waals surface area contributed by atoms with Gasteiger partial charge in [-0.05, 0) is 53.8 Å². The van der Waals surface area contributed by atoms with Crippen molar-refractivity contribution in [2.75, 3.05) is 69.4 Å². The second-order valence-corrected chi connectivity index (χ2v) is 16.5. The molecule has 0 fully saturated rings. The molecule has 0 bridgehead atoms. The first-order valence-electron chi connectivity index (χ1n) is 19.2. The van der Waals surface area contributed by atoms with Gasteiger partial charge in [-0.2, -0.15) is 0 Å². The van der Waals surface area contributed by atoms with Crippen LogP contribution >= 0.6 is 11.6 Å². The molecule has 0 saturated carbocycles. The number of sulfonamides is 1. The van der Waals surface area contributed by atoms with E-state index in [0.29, 0.717) is 29.1 Å². The molecule has 3 heterocycles. The summed E-state index contributed by atoms with van der Waals surface area (Å²) in [4.78, 5) is 45.5. The molecule has 0 saturated heterocycles. The number of phenolic OH excluding ortho intramolecular Hbond substituents is 1. The summed E-state index contributed by atoms with van der Waals surface area (Å²) in [6, 6.07) is 17.3. The van der Waals surface area contributed by atoms with Crippen molar-refractivity contribution in [3.05, 3.63) is 102 Å². The molecule has 3 aliphatic heterocycles. The number of aliphatic hydroxyl groups is 1. The van der Waals surface area contributed by atoms with E-state index in [9.17, 15) is 33.0 Å². The van der Waals surface area contributed by atoms with Gasteiger partial charge in [0.1, 0.15) is 19.0 Å². The largest absolute Gasteiger partial charge is 0.507 e. The molecular weight excluding hydrogens is 816 g/mol. The molecular formula is C43H45ClN4O11S. The normalized spacial score (nSPS) is 18.6. The molecule has 15 nitrogen and oxygen atoms in total.